The third kappa shape index (κ3) is 8.67. The number of hydrogen-bond acceptors (Lipinski definition) is 5. The highest BCUT2D eigenvalue weighted by molar-refractivity contribution is 7.84. The molecule has 7 heteroatoms. The van der Waals surface area contributed by atoms with Crippen LogP contribution >= 0.6 is 0 Å². The summed E-state index contributed by atoms with van der Waals surface area (Å²) in [5.41, 5.74) is -0.487. The lowest BCUT2D eigenvalue weighted by Gasteiger charge is -2.37. The largest absolute Gasteiger partial charge is 0.444 e. The summed E-state index contributed by atoms with van der Waals surface area (Å²) in [6, 6.07) is 0.290. The molecule has 0 saturated carbocycles. The van der Waals surface area contributed by atoms with E-state index in [0.717, 1.165) is 25.1 Å². The van der Waals surface area contributed by atoms with E-state index in [1.165, 1.54) is 0 Å². The highest BCUT2D eigenvalue weighted by Crippen LogP contribution is 2.17. The zero-order chi connectivity index (χ0) is 17.5. The van der Waals surface area contributed by atoms with Gasteiger partial charge in [0.05, 0.1) is 19.3 Å². The van der Waals surface area contributed by atoms with Gasteiger partial charge in [-0.3, -0.25) is 4.21 Å². The number of rotatable bonds is 7. The van der Waals surface area contributed by atoms with Crippen LogP contribution in [0.4, 0.5) is 4.79 Å². The van der Waals surface area contributed by atoms with Crippen molar-refractivity contribution in [3.05, 3.63) is 0 Å². The molecule has 3 atom stereocenters. The predicted molar refractivity (Wildman–Crippen MR) is 93.2 cm³/mol. The Bertz CT molecular complexity index is 398. The first-order valence-electron chi connectivity index (χ1n) is 8.30. The minimum Gasteiger partial charge on any atom is -0.444 e. The minimum atomic E-state index is -0.738. The van der Waals surface area contributed by atoms with Gasteiger partial charge in [-0.1, -0.05) is 0 Å². The Labute approximate surface area is 142 Å². The van der Waals surface area contributed by atoms with Gasteiger partial charge in [-0.05, 0) is 47.1 Å². The Morgan fingerprint density at radius 2 is 2.17 bits per heavy atom. The molecular formula is C16H32N2O4S. The number of ether oxygens (including phenoxy) is 2. The van der Waals surface area contributed by atoms with E-state index in [1.54, 1.807) is 11.2 Å². The molecule has 1 saturated heterocycles. The van der Waals surface area contributed by atoms with Crippen molar-refractivity contribution >= 4 is 16.9 Å². The predicted octanol–water partition coefficient (Wildman–Crippen LogP) is 1.76. The van der Waals surface area contributed by atoms with Crippen LogP contribution in [0.1, 0.15) is 40.5 Å². The van der Waals surface area contributed by atoms with Gasteiger partial charge >= 0.3 is 6.09 Å². The van der Waals surface area contributed by atoms with Crippen LogP contribution < -0.4 is 5.32 Å². The molecule has 0 radical (unpaired) electrons. The fraction of sp³-hybridized carbons (Fsp3) is 0.938. The molecule has 1 heterocycles. The van der Waals surface area contributed by atoms with Crippen LogP contribution in [0.25, 0.3) is 0 Å². The lowest BCUT2D eigenvalue weighted by molar-refractivity contribution is -0.0355. The monoisotopic (exact) mass is 348 g/mol. The lowest BCUT2D eigenvalue weighted by Crippen LogP contribution is -2.52. The smallest absolute Gasteiger partial charge is 0.410 e. The first kappa shape index (κ1) is 20.4. The van der Waals surface area contributed by atoms with E-state index in [2.05, 4.69) is 12.2 Å². The van der Waals surface area contributed by atoms with E-state index < -0.39 is 16.4 Å². The van der Waals surface area contributed by atoms with Crippen molar-refractivity contribution in [2.75, 3.05) is 38.3 Å². The first-order chi connectivity index (χ1) is 10.7. The molecule has 0 aromatic heterocycles. The van der Waals surface area contributed by atoms with Crippen molar-refractivity contribution in [1.82, 2.24) is 10.2 Å². The molecular weight excluding hydrogens is 316 g/mol. The average molecular weight is 349 g/mol. The molecule has 23 heavy (non-hydrogen) atoms. The minimum absolute atomic E-state index is 0.0291. The number of carbonyl (C=O) groups excluding carboxylic acids is 1. The molecule has 0 aliphatic carbocycles. The normalized spacial score (nSPS) is 21.8. The summed E-state index contributed by atoms with van der Waals surface area (Å²) in [5.74, 6) is 0.719. The Morgan fingerprint density at radius 3 is 2.78 bits per heavy atom. The topological polar surface area (TPSA) is 67.9 Å². The van der Waals surface area contributed by atoms with E-state index in [9.17, 15) is 9.00 Å². The van der Waals surface area contributed by atoms with Crippen molar-refractivity contribution in [3.8, 4) is 0 Å². The Hall–Kier alpha value is -0.660. The van der Waals surface area contributed by atoms with E-state index in [1.807, 2.05) is 20.8 Å². The van der Waals surface area contributed by atoms with Gasteiger partial charge in [0.1, 0.15) is 5.60 Å². The van der Waals surface area contributed by atoms with Gasteiger partial charge in [0.2, 0.25) is 0 Å². The van der Waals surface area contributed by atoms with Crippen LogP contribution in [0.2, 0.25) is 0 Å². The molecule has 0 aromatic rings. The Balaban J connectivity index is 2.44. The number of amides is 1. The molecule has 3 unspecified atom stereocenters. The van der Waals surface area contributed by atoms with E-state index in [4.69, 9.17) is 9.47 Å². The molecule has 1 amide bonds. The average Bonchev–Trinajstić information content (AvgIpc) is 2.42. The summed E-state index contributed by atoms with van der Waals surface area (Å²) in [6.45, 7) is 10.2. The highest BCUT2D eigenvalue weighted by atomic mass is 32.2. The molecule has 136 valence electrons. The maximum atomic E-state index is 12.3. The summed E-state index contributed by atoms with van der Waals surface area (Å²) in [6.07, 6.45) is 3.17. The van der Waals surface area contributed by atoms with Crippen LogP contribution in [0.15, 0.2) is 0 Å². The summed E-state index contributed by atoms with van der Waals surface area (Å²) < 4.78 is 22.1. The van der Waals surface area contributed by atoms with E-state index >= 15 is 0 Å². The van der Waals surface area contributed by atoms with Crippen LogP contribution in [0.3, 0.4) is 0 Å². The van der Waals surface area contributed by atoms with Gasteiger partial charge < -0.3 is 19.7 Å². The third-order valence-corrected chi connectivity index (χ3v) is 4.45. The van der Waals surface area contributed by atoms with Crippen LogP contribution in [-0.4, -0.2) is 71.2 Å². The zero-order valence-corrected chi connectivity index (χ0v) is 15.9. The van der Waals surface area contributed by atoms with E-state index in [-0.39, 0.29) is 18.2 Å². The number of morpholine rings is 1. The molecule has 0 aromatic carbocycles. The fourth-order valence-electron chi connectivity index (χ4n) is 2.53. The second kappa shape index (κ2) is 9.59. The molecule has 1 fully saturated rings. The van der Waals surface area contributed by atoms with Crippen molar-refractivity contribution in [3.63, 3.8) is 0 Å². The second-order valence-corrected chi connectivity index (χ2v) is 8.68. The standard InChI is InChI=1S/C16H32N2O4S/c1-13(17-7-6-10-23(5)20)11-14-12-21-9-8-18(14)15(19)22-16(2,3)4/h13-14,17H,6-12H2,1-5H3. The molecule has 6 nitrogen and oxygen atoms in total. The zero-order valence-electron chi connectivity index (χ0n) is 15.1. The highest BCUT2D eigenvalue weighted by Gasteiger charge is 2.31. The number of nitrogens with zero attached hydrogens (tertiary/aromatic N) is 1. The van der Waals surface area contributed by atoms with Crippen LogP contribution in [0.5, 0.6) is 0 Å². The Kier molecular flexibility index (Phi) is 8.50. The number of hydrogen-bond donors (Lipinski definition) is 1. The van der Waals surface area contributed by atoms with Crippen molar-refractivity contribution in [2.45, 2.75) is 58.2 Å². The lowest BCUT2D eigenvalue weighted by atomic mass is 10.1. The van der Waals surface area contributed by atoms with Crippen molar-refractivity contribution in [2.24, 2.45) is 0 Å². The molecule has 0 spiro atoms. The molecule has 1 aliphatic rings. The number of nitrogens with one attached hydrogen (secondary N) is 1. The summed E-state index contributed by atoms with van der Waals surface area (Å²) >= 11 is 0. The van der Waals surface area contributed by atoms with Gasteiger partial charge in [0, 0.05) is 35.4 Å². The fourth-order valence-corrected chi connectivity index (χ4v) is 3.08. The quantitative estimate of drug-likeness (QED) is 0.710. The van der Waals surface area contributed by atoms with Gasteiger partial charge in [-0.15, -0.1) is 0 Å². The van der Waals surface area contributed by atoms with Crippen LogP contribution in [0, 0.1) is 0 Å². The molecule has 0 bridgehead atoms. The first-order valence-corrected chi connectivity index (χ1v) is 10.0. The molecule has 1 N–H and O–H groups in total. The second-order valence-electron chi connectivity index (χ2n) is 7.12. The van der Waals surface area contributed by atoms with E-state index in [0.29, 0.717) is 19.8 Å². The van der Waals surface area contributed by atoms with Crippen LogP contribution in [-0.2, 0) is 20.3 Å². The van der Waals surface area contributed by atoms with Crippen molar-refractivity contribution in [1.29, 1.82) is 0 Å². The maximum Gasteiger partial charge on any atom is 0.410 e. The summed E-state index contributed by atoms with van der Waals surface area (Å²) in [7, 11) is -0.738. The van der Waals surface area contributed by atoms with Gasteiger partial charge in [0.25, 0.3) is 0 Å². The van der Waals surface area contributed by atoms with Gasteiger partial charge in [-0.2, -0.15) is 0 Å². The molecule has 1 aliphatic heterocycles. The maximum absolute atomic E-state index is 12.3. The summed E-state index contributed by atoms with van der Waals surface area (Å²) in [5, 5.41) is 3.42. The SMILES string of the molecule is CC(CC1COCCN1C(=O)OC(C)(C)C)NCCCS(C)=O. The number of carbonyl (C=O) groups is 1. The third-order valence-electron chi connectivity index (χ3n) is 3.58. The molecule has 1 rings (SSSR count). The Morgan fingerprint density at radius 1 is 1.48 bits per heavy atom. The van der Waals surface area contributed by atoms with Gasteiger partial charge in [-0.25, -0.2) is 4.79 Å². The van der Waals surface area contributed by atoms with Gasteiger partial charge in [0.15, 0.2) is 0 Å². The summed E-state index contributed by atoms with van der Waals surface area (Å²) in [4.78, 5) is 14.1. The van der Waals surface area contributed by atoms with Crippen molar-refractivity contribution < 1.29 is 18.5 Å².